The van der Waals surface area contributed by atoms with Crippen molar-refractivity contribution in [1.29, 1.82) is 0 Å². The van der Waals surface area contributed by atoms with Crippen molar-refractivity contribution in [3.05, 3.63) is 30.2 Å². The van der Waals surface area contributed by atoms with Crippen LogP contribution >= 0.6 is 0 Å². The van der Waals surface area contributed by atoms with Crippen LogP contribution in [0.25, 0.3) is 0 Å². The van der Waals surface area contributed by atoms with Gasteiger partial charge in [-0.2, -0.15) is 0 Å². The molecule has 1 saturated heterocycles. The van der Waals surface area contributed by atoms with Crippen LogP contribution in [0.2, 0.25) is 0 Å². The first-order valence-electron chi connectivity index (χ1n) is 9.42. The number of nitrogens with one attached hydrogen (secondary N) is 1. The molecule has 1 atom stereocenters. The van der Waals surface area contributed by atoms with E-state index < -0.39 is 0 Å². The topological polar surface area (TPSA) is 92.7 Å². The van der Waals surface area contributed by atoms with Crippen molar-refractivity contribution in [1.82, 2.24) is 19.9 Å². The molecule has 2 aromatic rings. The SMILES string of the molecule is CC(=O)Nc1cnc(N2CCN(Cc3ccc4c(n3)OCCO4)C(C)C2)nc1. The number of hydrogen-bond donors (Lipinski definition) is 1. The van der Waals surface area contributed by atoms with Crippen LogP contribution in [0.1, 0.15) is 19.5 Å². The zero-order valence-corrected chi connectivity index (χ0v) is 16.1. The maximum atomic E-state index is 11.1. The summed E-state index contributed by atoms with van der Waals surface area (Å²) in [6.45, 7) is 8.06. The predicted molar refractivity (Wildman–Crippen MR) is 104 cm³/mol. The third-order valence-electron chi connectivity index (χ3n) is 4.83. The van der Waals surface area contributed by atoms with Gasteiger partial charge in [-0.15, -0.1) is 0 Å². The third-order valence-corrected chi connectivity index (χ3v) is 4.83. The van der Waals surface area contributed by atoms with Gasteiger partial charge in [0, 0.05) is 39.1 Å². The molecule has 0 saturated carbocycles. The van der Waals surface area contributed by atoms with Crippen LogP contribution in [0.3, 0.4) is 0 Å². The number of hydrogen-bond acceptors (Lipinski definition) is 8. The quantitative estimate of drug-likeness (QED) is 0.844. The number of pyridine rings is 1. The minimum Gasteiger partial charge on any atom is -0.484 e. The second kappa shape index (κ2) is 7.97. The molecule has 9 nitrogen and oxygen atoms in total. The Labute approximate surface area is 163 Å². The summed E-state index contributed by atoms with van der Waals surface area (Å²) in [4.78, 5) is 29.0. The fourth-order valence-electron chi connectivity index (χ4n) is 3.43. The second-order valence-electron chi connectivity index (χ2n) is 7.02. The molecule has 0 bridgehead atoms. The molecular weight excluding hydrogens is 360 g/mol. The van der Waals surface area contributed by atoms with Crippen LogP contribution < -0.4 is 19.7 Å². The summed E-state index contributed by atoms with van der Waals surface area (Å²) in [6, 6.07) is 4.25. The van der Waals surface area contributed by atoms with E-state index in [1.807, 2.05) is 12.1 Å². The van der Waals surface area contributed by atoms with E-state index in [1.165, 1.54) is 6.92 Å². The van der Waals surface area contributed by atoms with E-state index in [-0.39, 0.29) is 5.91 Å². The van der Waals surface area contributed by atoms with E-state index in [2.05, 4.69) is 37.0 Å². The van der Waals surface area contributed by atoms with Crippen molar-refractivity contribution < 1.29 is 14.3 Å². The van der Waals surface area contributed by atoms with Gasteiger partial charge in [0.05, 0.1) is 23.8 Å². The summed E-state index contributed by atoms with van der Waals surface area (Å²) >= 11 is 0. The Hall–Kier alpha value is -2.94. The van der Waals surface area contributed by atoms with Gasteiger partial charge in [0.1, 0.15) is 13.2 Å². The van der Waals surface area contributed by atoms with Crippen molar-refractivity contribution >= 4 is 17.5 Å². The first-order valence-corrected chi connectivity index (χ1v) is 9.42. The van der Waals surface area contributed by atoms with Gasteiger partial charge in [-0.05, 0) is 19.1 Å². The molecule has 2 aliphatic rings. The average Bonchev–Trinajstić information content (AvgIpc) is 2.69. The summed E-state index contributed by atoms with van der Waals surface area (Å²) < 4.78 is 11.1. The molecule has 0 aliphatic carbocycles. The van der Waals surface area contributed by atoms with Crippen LogP contribution in [0, 0.1) is 0 Å². The number of carbonyl (C=O) groups is 1. The van der Waals surface area contributed by atoms with E-state index in [1.54, 1.807) is 12.4 Å². The van der Waals surface area contributed by atoms with Crippen molar-refractivity contribution in [3.8, 4) is 11.6 Å². The lowest BCUT2D eigenvalue weighted by Crippen LogP contribution is -2.52. The highest BCUT2D eigenvalue weighted by molar-refractivity contribution is 5.88. The smallest absolute Gasteiger partial charge is 0.257 e. The Morgan fingerprint density at radius 1 is 1.21 bits per heavy atom. The second-order valence-corrected chi connectivity index (χ2v) is 7.02. The fraction of sp³-hybridized carbons (Fsp3) is 0.474. The minimum atomic E-state index is -0.133. The molecule has 1 unspecified atom stereocenters. The number of carbonyl (C=O) groups excluding carboxylic acids is 1. The zero-order chi connectivity index (χ0) is 19.5. The van der Waals surface area contributed by atoms with E-state index >= 15 is 0 Å². The number of rotatable bonds is 4. The molecule has 1 amide bonds. The van der Waals surface area contributed by atoms with Crippen molar-refractivity contribution in [2.24, 2.45) is 0 Å². The number of anilines is 2. The van der Waals surface area contributed by atoms with Gasteiger partial charge < -0.3 is 19.7 Å². The lowest BCUT2D eigenvalue weighted by Gasteiger charge is -2.39. The number of nitrogens with zero attached hydrogens (tertiary/aromatic N) is 5. The van der Waals surface area contributed by atoms with Gasteiger partial charge in [-0.1, -0.05) is 0 Å². The molecular formula is C19H24N6O3. The molecule has 2 aliphatic heterocycles. The van der Waals surface area contributed by atoms with Gasteiger partial charge in [0.15, 0.2) is 5.75 Å². The standard InChI is InChI=1S/C19H24N6O3/c1-13-11-25(19-20-9-16(10-21-19)22-14(2)26)6-5-24(13)12-15-3-4-17-18(23-15)28-8-7-27-17/h3-4,9-10,13H,5-8,11-12H2,1-2H3,(H,22,26). The minimum absolute atomic E-state index is 0.133. The number of fused-ring (bicyclic) bond motifs is 1. The normalized spacial score (nSPS) is 19.4. The summed E-state index contributed by atoms with van der Waals surface area (Å²) in [6.07, 6.45) is 3.28. The maximum absolute atomic E-state index is 11.1. The van der Waals surface area contributed by atoms with Gasteiger partial charge in [0.25, 0.3) is 5.88 Å². The van der Waals surface area contributed by atoms with Crippen LogP contribution in [-0.4, -0.2) is 64.6 Å². The fourth-order valence-corrected chi connectivity index (χ4v) is 3.43. The lowest BCUT2D eigenvalue weighted by molar-refractivity contribution is -0.114. The Bertz CT molecular complexity index is 844. The summed E-state index contributed by atoms with van der Waals surface area (Å²) in [7, 11) is 0. The summed E-state index contributed by atoms with van der Waals surface area (Å²) in [5.41, 5.74) is 1.58. The van der Waals surface area contributed by atoms with Gasteiger partial charge in [0.2, 0.25) is 11.9 Å². The molecule has 2 aromatic heterocycles. The Kier molecular flexibility index (Phi) is 5.25. The number of ether oxygens (including phenoxy) is 2. The molecule has 28 heavy (non-hydrogen) atoms. The van der Waals surface area contributed by atoms with Crippen molar-refractivity contribution in [2.45, 2.75) is 26.4 Å². The largest absolute Gasteiger partial charge is 0.484 e. The van der Waals surface area contributed by atoms with E-state index in [4.69, 9.17) is 9.47 Å². The maximum Gasteiger partial charge on any atom is 0.257 e. The first-order chi connectivity index (χ1) is 13.6. The molecule has 4 heterocycles. The molecule has 4 rings (SSSR count). The average molecular weight is 384 g/mol. The van der Waals surface area contributed by atoms with Crippen LogP contribution in [0.15, 0.2) is 24.5 Å². The molecule has 148 valence electrons. The van der Waals surface area contributed by atoms with Gasteiger partial charge in [-0.25, -0.2) is 15.0 Å². The van der Waals surface area contributed by atoms with Crippen LogP contribution in [-0.2, 0) is 11.3 Å². The van der Waals surface area contributed by atoms with Gasteiger partial charge in [-0.3, -0.25) is 9.69 Å². The third kappa shape index (κ3) is 4.14. The van der Waals surface area contributed by atoms with Gasteiger partial charge >= 0.3 is 0 Å². The predicted octanol–water partition coefficient (Wildman–Crippen LogP) is 1.31. The molecule has 0 spiro atoms. The zero-order valence-electron chi connectivity index (χ0n) is 16.1. The van der Waals surface area contributed by atoms with E-state index in [9.17, 15) is 4.79 Å². The number of amides is 1. The molecule has 1 N–H and O–H groups in total. The van der Waals surface area contributed by atoms with E-state index in [0.29, 0.717) is 42.5 Å². The Balaban J connectivity index is 1.37. The van der Waals surface area contributed by atoms with Crippen LogP contribution in [0.4, 0.5) is 11.6 Å². The molecule has 0 radical (unpaired) electrons. The monoisotopic (exact) mass is 384 g/mol. The molecule has 9 heteroatoms. The summed E-state index contributed by atoms with van der Waals surface area (Å²) in [5.74, 6) is 1.85. The molecule has 1 fully saturated rings. The van der Waals surface area contributed by atoms with Crippen LogP contribution in [0.5, 0.6) is 11.6 Å². The number of piperazine rings is 1. The van der Waals surface area contributed by atoms with E-state index in [0.717, 1.165) is 31.9 Å². The van der Waals surface area contributed by atoms with Crippen molar-refractivity contribution in [3.63, 3.8) is 0 Å². The summed E-state index contributed by atoms with van der Waals surface area (Å²) in [5, 5.41) is 2.68. The highest BCUT2D eigenvalue weighted by atomic mass is 16.6. The Morgan fingerprint density at radius 3 is 2.75 bits per heavy atom. The Morgan fingerprint density at radius 2 is 2.00 bits per heavy atom. The first kappa shape index (κ1) is 18.4. The lowest BCUT2D eigenvalue weighted by atomic mass is 10.2. The highest BCUT2D eigenvalue weighted by Crippen LogP contribution is 2.28. The van der Waals surface area contributed by atoms with Crippen molar-refractivity contribution in [2.75, 3.05) is 43.1 Å². The molecule has 0 aromatic carbocycles. The number of aromatic nitrogens is 3. The highest BCUT2D eigenvalue weighted by Gasteiger charge is 2.26.